The number of hydrogen-bond acceptors (Lipinski definition) is 4. The van der Waals surface area contributed by atoms with Gasteiger partial charge >= 0.3 is 0 Å². The molecule has 0 aromatic heterocycles. The predicted molar refractivity (Wildman–Crippen MR) is 98.5 cm³/mol. The Hall–Kier alpha value is -1.00. The summed E-state index contributed by atoms with van der Waals surface area (Å²) in [5, 5.41) is 11.3. The third-order valence-electron chi connectivity index (χ3n) is 8.57. The van der Waals surface area contributed by atoms with Crippen molar-refractivity contribution in [2.75, 3.05) is 13.7 Å². The number of allylic oxidation sites excluding steroid dienone is 1. The molecule has 4 nitrogen and oxygen atoms in total. The van der Waals surface area contributed by atoms with Crippen molar-refractivity contribution in [1.29, 1.82) is 0 Å². The first-order valence-corrected chi connectivity index (χ1v) is 10.2. The van der Waals surface area contributed by atoms with Gasteiger partial charge in [-0.2, -0.15) is 0 Å². The van der Waals surface area contributed by atoms with Gasteiger partial charge in [0.2, 0.25) is 0 Å². The van der Waals surface area contributed by atoms with Gasteiger partial charge in [0.05, 0.1) is 6.10 Å². The SMILES string of the molecule is COCC(=O)C1CCC2C3CCC4=CC(=O)CCC4(C)C3C(O)CC12C. The standard InChI is InChI=1S/C22H32O4/c1-21-9-8-14(23)10-13(21)4-5-15-16-6-7-17(19(25)12-26-3)22(16,2)11-18(24)20(15)21/h10,15-18,20,24H,4-9,11-12H2,1-3H3. The molecule has 0 heterocycles. The first kappa shape index (κ1) is 18.4. The molecule has 0 spiro atoms. The Morgan fingerprint density at radius 2 is 2.04 bits per heavy atom. The van der Waals surface area contributed by atoms with E-state index in [1.165, 1.54) is 5.57 Å². The molecule has 0 amide bonds. The van der Waals surface area contributed by atoms with E-state index in [0.29, 0.717) is 24.7 Å². The fourth-order valence-electron chi connectivity index (χ4n) is 7.46. The van der Waals surface area contributed by atoms with E-state index in [-0.39, 0.29) is 46.9 Å². The normalized spacial score (nSPS) is 47.6. The second-order valence-corrected chi connectivity index (χ2v) is 9.69. The van der Waals surface area contributed by atoms with Gasteiger partial charge in [0.15, 0.2) is 11.6 Å². The molecular formula is C22H32O4. The van der Waals surface area contributed by atoms with E-state index in [2.05, 4.69) is 13.8 Å². The lowest BCUT2D eigenvalue weighted by molar-refractivity contribution is -0.147. The lowest BCUT2D eigenvalue weighted by Crippen LogP contribution is -2.57. The molecule has 0 bridgehead atoms. The molecule has 0 aromatic carbocycles. The maximum Gasteiger partial charge on any atom is 0.162 e. The summed E-state index contributed by atoms with van der Waals surface area (Å²) in [6, 6.07) is 0. The molecule has 7 atom stereocenters. The molecule has 4 aliphatic rings. The van der Waals surface area contributed by atoms with E-state index < -0.39 is 0 Å². The molecule has 4 rings (SSSR count). The van der Waals surface area contributed by atoms with Crippen LogP contribution in [0.1, 0.15) is 58.8 Å². The smallest absolute Gasteiger partial charge is 0.162 e. The molecule has 1 N–H and O–H groups in total. The fraction of sp³-hybridized carbons (Fsp3) is 0.818. The highest BCUT2D eigenvalue weighted by Crippen LogP contribution is 2.66. The largest absolute Gasteiger partial charge is 0.393 e. The van der Waals surface area contributed by atoms with E-state index >= 15 is 0 Å². The number of fused-ring (bicyclic) bond motifs is 5. The Bertz CT molecular complexity index is 653. The highest BCUT2D eigenvalue weighted by Gasteiger charge is 2.62. The lowest BCUT2D eigenvalue weighted by Gasteiger charge is -2.59. The van der Waals surface area contributed by atoms with Crippen LogP contribution in [0.3, 0.4) is 0 Å². The first-order chi connectivity index (χ1) is 12.3. The summed E-state index contributed by atoms with van der Waals surface area (Å²) in [7, 11) is 1.58. The van der Waals surface area contributed by atoms with E-state index in [4.69, 9.17) is 4.74 Å². The number of aliphatic hydroxyl groups is 1. The number of Topliss-reactive ketones (excluding diaryl/α,β-unsaturated/α-hetero) is 1. The maximum atomic E-state index is 12.6. The molecule has 3 fully saturated rings. The van der Waals surface area contributed by atoms with Gasteiger partial charge in [0.25, 0.3) is 0 Å². The number of ketones is 2. The van der Waals surface area contributed by atoms with Gasteiger partial charge in [-0.05, 0) is 73.2 Å². The molecule has 3 saturated carbocycles. The number of hydrogen-bond donors (Lipinski definition) is 1. The molecule has 26 heavy (non-hydrogen) atoms. The van der Waals surface area contributed by atoms with Gasteiger partial charge in [0.1, 0.15) is 6.61 Å². The van der Waals surface area contributed by atoms with Crippen LogP contribution in [-0.4, -0.2) is 36.5 Å². The third-order valence-corrected chi connectivity index (χ3v) is 8.57. The Labute approximate surface area is 156 Å². The van der Waals surface area contributed by atoms with Crippen molar-refractivity contribution in [3.8, 4) is 0 Å². The quantitative estimate of drug-likeness (QED) is 0.839. The second-order valence-electron chi connectivity index (χ2n) is 9.69. The van der Waals surface area contributed by atoms with Gasteiger partial charge in [-0.15, -0.1) is 0 Å². The summed E-state index contributed by atoms with van der Waals surface area (Å²) in [4.78, 5) is 24.6. The Kier molecular flexibility index (Phi) is 4.43. The van der Waals surface area contributed by atoms with Gasteiger partial charge in [0, 0.05) is 19.4 Å². The van der Waals surface area contributed by atoms with Gasteiger partial charge < -0.3 is 9.84 Å². The molecular weight excluding hydrogens is 328 g/mol. The van der Waals surface area contributed by atoms with Crippen LogP contribution in [0.4, 0.5) is 0 Å². The number of methoxy groups -OCH3 is 1. The van der Waals surface area contributed by atoms with E-state index in [9.17, 15) is 14.7 Å². The maximum absolute atomic E-state index is 12.6. The Balaban J connectivity index is 1.67. The predicted octanol–water partition coefficient (Wildman–Crippen LogP) is 3.32. The number of carbonyl (C=O) groups is 2. The average molecular weight is 360 g/mol. The summed E-state index contributed by atoms with van der Waals surface area (Å²) in [5.41, 5.74) is 1.10. The Morgan fingerprint density at radius 3 is 2.77 bits per heavy atom. The van der Waals surface area contributed by atoms with Crippen LogP contribution >= 0.6 is 0 Å². The van der Waals surface area contributed by atoms with Crippen LogP contribution in [0.2, 0.25) is 0 Å². The lowest BCUT2D eigenvalue weighted by atomic mass is 9.46. The van der Waals surface area contributed by atoms with Crippen molar-refractivity contribution in [2.45, 2.75) is 64.9 Å². The van der Waals surface area contributed by atoms with E-state index in [1.807, 2.05) is 6.08 Å². The summed E-state index contributed by atoms with van der Waals surface area (Å²) in [6.45, 7) is 4.70. The number of rotatable bonds is 3. The zero-order valence-corrected chi connectivity index (χ0v) is 16.3. The molecule has 0 aliphatic heterocycles. The van der Waals surface area contributed by atoms with Crippen molar-refractivity contribution in [3.63, 3.8) is 0 Å². The number of carbonyl (C=O) groups excluding carboxylic acids is 2. The van der Waals surface area contributed by atoms with Gasteiger partial charge in [-0.1, -0.05) is 19.4 Å². The van der Waals surface area contributed by atoms with Crippen LogP contribution in [0.5, 0.6) is 0 Å². The van der Waals surface area contributed by atoms with Gasteiger partial charge in [-0.3, -0.25) is 9.59 Å². The monoisotopic (exact) mass is 360 g/mol. The van der Waals surface area contributed by atoms with Crippen molar-refractivity contribution in [1.82, 2.24) is 0 Å². The first-order valence-electron chi connectivity index (χ1n) is 10.2. The van der Waals surface area contributed by atoms with Crippen LogP contribution in [0.15, 0.2) is 11.6 Å². The minimum Gasteiger partial charge on any atom is -0.393 e. The molecule has 4 aliphatic carbocycles. The third kappa shape index (κ3) is 2.48. The average Bonchev–Trinajstić information content (AvgIpc) is 2.92. The zero-order chi connectivity index (χ0) is 18.7. The summed E-state index contributed by atoms with van der Waals surface area (Å²) in [5.74, 6) is 1.65. The fourth-order valence-corrected chi connectivity index (χ4v) is 7.46. The highest BCUT2D eigenvalue weighted by molar-refractivity contribution is 5.91. The highest BCUT2D eigenvalue weighted by atomic mass is 16.5. The van der Waals surface area contributed by atoms with Crippen LogP contribution < -0.4 is 0 Å². The summed E-state index contributed by atoms with van der Waals surface area (Å²) >= 11 is 0. The zero-order valence-electron chi connectivity index (χ0n) is 16.3. The molecule has 0 saturated heterocycles. The molecule has 0 radical (unpaired) electrons. The van der Waals surface area contributed by atoms with Gasteiger partial charge in [-0.25, -0.2) is 0 Å². The van der Waals surface area contributed by atoms with Crippen molar-refractivity contribution < 1.29 is 19.4 Å². The molecule has 4 heteroatoms. The molecule has 7 unspecified atom stereocenters. The van der Waals surface area contributed by atoms with Crippen molar-refractivity contribution in [3.05, 3.63) is 11.6 Å². The minimum atomic E-state index is -0.390. The van der Waals surface area contributed by atoms with E-state index in [0.717, 1.165) is 32.1 Å². The summed E-state index contributed by atoms with van der Waals surface area (Å²) < 4.78 is 5.12. The minimum absolute atomic E-state index is 0.0146. The van der Waals surface area contributed by atoms with Crippen molar-refractivity contribution in [2.24, 2.45) is 34.5 Å². The summed E-state index contributed by atoms with van der Waals surface area (Å²) in [6.07, 6.45) is 7.68. The topological polar surface area (TPSA) is 63.6 Å². The van der Waals surface area contributed by atoms with E-state index in [1.54, 1.807) is 7.11 Å². The number of ether oxygens (including phenoxy) is 1. The second kappa shape index (κ2) is 6.27. The van der Waals surface area contributed by atoms with Crippen LogP contribution in [-0.2, 0) is 14.3 Å². The number of aliphatic hydroxyl groups excluding tert-OH is 1. The molecule has 144 valence electrons. The van der Waals surface area contributed by atoms with Crippen LogP contribution in [0.25, 0.3) is 0 Å². The van der Waals surface area contributed by atoms with Crippen molar-refractivity contribution >= 4 is 11.6 Å². The molecule has 0 aromatic rings. The Morgan fingerprint density at radius 1 is 1.27 bits per heavy atom. The van der Waals surface area contributed by atoms with Crippen LogP contribution in [0, 0.1) is 34.5 Å².